The number of rotatable bonds is 1. The minimum atomic E-state index is -0.146. The molecule has 2 heterocycles. The zero-order valence-corrected chi connectivity index (χ0v) is 8.41. The molecule has 0 aromatic carbocycles. The van der Waals surface area contributed by atoms with Crippen LogP contribution in [0.1, 0.15) is 25.7 Å². The first-order valence-corrected chi connectivity index (χ1v) is 5.34. The van der Waals surface area contributed by atoms with E-state index in [0.29, 0.717) is 6.17 Å². The second-order valence-electron chi connectivity index (χ2n) is 4.01. The Hall–Kier alpha value is -0.810. The molecular weight excluding hydrogens is 180 g/mol. The lowest BCUT2D eigenvalue weighted by Crippen LogP contribution is -2.63. The molecule has 80 valence electrons. The van der Waals surface area contributed by atoms with Gasteiger partial charge in [-0.25, -0.2) is 10.6 Å². The van der Waals surface area contributed by atoms with Crippen LogP contribution in [-0.2, 0) is 0 Å². The Morgan fingerprint density at radius 1 is 1.21 bits per heavy atom. The summed E-state index contributed by atoms with van der Waals surface area (Å²) in [6.07, 6.45) is 5.24. The number of hydrazine groups is 1. The highest BCUT2D eigenvalue weighted by molar-refractivity contribution is 5.74. The van der Waals surface area contributed by atoms with Crippen molar-refractivity contribution in [1.29, 1.82) is 0 Å². The van der Waals surface area contributed by atoms with Crippen LogP contribution in [0, 0.1) is 0 Å². The lowest BCUT2D eigenvalue weighted by atomic mass is 10.1. The Morgan fingerprint density at radius 3 is 2.43 bits per heavy atom. The molecule has 2 aliphatic heterocycles. The summed E-state index contributed by atoms with van der Waals surface area (Å²) in [4.78, 5) is 15.5. The van der Waals surface area contributed by atoms with Crippen molar-refractivity contribution in [2.24, 2.45) is 5.84 Å². The molecule has 0 aliphatic carbocycles. The molecule has 14 heavy (non-hydrogen) atoms. The highest BCUT2D eigenvalue weighted by atomic mass is 16.2. The number of amides is 2. The van der Waals surface area contributed by atoms with Crippen LogP contribution < -0.4 is 11.3 Å². The molecule has 0 spiro atoms. The van der Waals surface area contributed by atoms with E-state index in [1.807, 2.05) is 4.90 Å². The predicted octanol–water partition coefficient (Wildman–Crippen LogP) is 0.0874. The van der Waals surface area contributed by atoms with Crippen molar-refractivity contribution in [3.63, 3.8) is 0 Å². The van der Waals surface area contributed by atoms with E-state index in [4.69, 9.17) is 5.84 Å². The molecule has 5 nitrogen and oxygen atoms in total. The van der Waals surface area contributed by atoms with Crippen LogP contribution in [0.25, 0.3) is 0 Å². The highest BCUT2D eigenvalue weighted by Gasteiger charge is 2.36. The number of urea groups is 1. The Bertz CT molecular complexity index is 215. The highest BCUT2D eigenvalue weighted by Crippen LogP contribution is 2.24. The molecule has 0 bridgehead atoms. The SMILES string of the molecule is NNC(=O)N1CCC1N1CCCCC1. The monoisotopic (exact) mass is 198 g/mol. The van der Waals surface area contributed by atoms with Gasteiger partial charge in [0.25, 0.3) is 0 Å². The van der Waals surface area contributed by atoms with Crippen LogP contribution in [0.2, 0.25) is 0 Å². The zero-order valence-electron chi connectivity index (χ0n) is 8.41. The van der Waals surface area contributed by atoms with Crippen molar-refractivity contribution >= 4 is 6.03 Å². The van der Waals surface area contributed by atoms with Gasteiger partial charge in [-0.05, 0) is 19.3 Å². The summed E-state index contributed by atoms with van der Waals surface area (Å²) in [7, 11) is 0. The summed E-state index contributed by atoms with van der Waals surface area (Å²) >= 11 is 0. The summed E-state index contributed by atoms with van der Waals surface area (Å²) in [5, 5.41) is 0. The quantitative estimate of drug-likeness (QED) is 0.356. The van der Waals surface area contributed by atoms with Gasteiger partial charge >= 0.3 is 6.03 Å². The number of nitrogens with zero attached hydrogens (tertiary/aromatic N) is 2. The average molecular weight is 198 g/mol. The van der Waals surface area contributed by atoms with E-state index in [-0.39, 0.29) is 6.03 Å². The summed E-state index contributed by atoms with van der Waals surface area (Å²) in [6.45, 7) is 3.09. The number of carbonyl (C=O) groups excluding carboxylic acids is 1. The van der Waals surface area contributed by atoms with Gasteiger partial charge in [0, 0.05) is 19.6 Å². The molecule has 2 saturated heterocycles. The standard InChI is InChI=1S/C9H18N4O/c10-11-9(14)13-7-4-8(13)12-5-2-1-3-6-12/h8H,1-7,10H2,(H,11,14). The third kappa shape index (κ3) is 1.69. The number of piperidine rings is 1. The summed E-state index contributed by atoms with van der Waals surface area (Å²) in [6, 6.07) is -0.146. The van der Waals surface area contributed by atoms with Gasteiger partial charge in [-0.15, -0.1) is 0 Å². The van der Waals surface area contributed by atoms with Crippen molar-refractivity contribution in [3.05, 3.63) is 0 Å². The summed E-state index contributed by atoms with van der Waals surface area (Å²) < 4.78 is 0. The van der Waals surface area contributed by atoms with E-state index in [0.717, 1.165) is 26.1 Å². The van der Waals surface area contributed by atoms with Crippen LogP contribution in [0.15, 0.2) is 0 Å². The van der Waals surface area contributed by atoms with Gasteiger partial charge in [0.05, 0.1) is 6.17 Å². The van der Waals surface area contributed by atoms with Crippen molar-refractivity contribution in [3.8, 4) is 0 Å². The molecule has 0 aromatic heterocycles. The zero-order chi connectivity index (χ0) is 9.97. The Labute approximate surface area is 84.2 Å². The molecule has 0 saturated carbocycles. The average Bonchev–Trinajstić information content (AvgIpc) is 2.17. The number of carbonyl (C=O) groups is 1. The molecule has 1 unspecified atom stereocenters. The fourth-order valence-corrected chi connectivity index (χ4v) is 2.29. The lowest BCUT2D eigenvalue weighted by molar-refractivity contribution is -0.0132. The Kier molecular flexibility index (Phi) is 2.88. The second kappa shape index (κ2) is 4.14. The molecule has 2 aliphatic rings. The Morgan fingerprint density at radius 2 is 1.93 bits per heavy atom. The van der Waals surface area contributed by atoms with Crippen LogP contribution in [0.4, 0.5) is 4.79 Å². The fraction of sp³-hybridized carbons (Fsp3) is 0.889. The number of nitrogens with two attached hydrogens (primary N) is 1. The normalized spacial score (nSPS) is 28.4. The summed E-state index contributed by atoms with van der Waals surface area (Å²) in [5.41, 5.74) is 2.20. The van der Waals surface area contributed by atoms with E-state index < -0.39 is 0 Å². The van der Waals surface area contributed by atoms with Crippen molar-refractivity contribution in [2.45, 2.75) is 31.8 Å². The molecule has 2 fully saturated rings. The van der Waals surface area contributed by atoms with Gasteiger partial charge in [-0.1, -0.05) is 6.42 Å². The third-order valence-corrected chi connectivity index (χ3v) is 3.18. The van der Waals surface area contributed by atoms with Gasteiger partial charge < -0.3 is 4.90 Å². The molecule has 5 heteroatoms. The molecule has 2 rings (SSSR count). The minimum absolute atomic E-state index is 0.146. The first-order valence-electron chi connectivity index (χ1n) is 5.34. The van der Waals surface area contributed by atoms with Crippen molar-refractivity contribution < 1.29 is 4.79 Å². The Balaban J connectivity index is 1.88. The van der Waals surface area contributed by atoms with Crippen molar-refractivity contribution in [1.82, 2.24) is 15.2 Å². The minimum Gasteiger partial charge on any atom is -0.308 e. The maximum atomic E-state index is 11.3. The van der Waals surface area contributed by atoms with E-state index in [9.17, 15) is 4.79 Å². The van der Waals surface area contributed by atoms with Crippen LogP contribution in [0.3, 0.4) is 0 Å². The van der Waals surface area contributed by atoms with E-state index in [1.165, 1.54) is 19.3 Å². The number of hydrogen-bond donors (Lipinski definition) is 2. The smallest absolute Gasteiger partial charge is 0.308 e. The van der Waals surface area contributed by atoms with Gasteiger partial charge in [0.1, 0.15) is 0 Å². The molecule has 0 radical (unpaired) electrons. The third-order valence-electron chi connectivity index (χ3n) is 3.18. The largest absolute Gasteiger partial charge is 0.332 e. The number of hydrogen-bond acceptors (Lipinski definition) is 3. The second-order valence-corrected chi connectivity index (χ2v) is 4.01. The lowest BCUT2D eigenvalue weighted by Gasteiger charge is -2.48. The van der Waals surface area contributed by atoms with E-state index in [2.05, 4.69) is 10.3 Å². The van der Waals surface area contributed by atoms with Gasteiger partial charge in [-0.2, -0.15) is 0 Å². The predicted molar refractivity (Wildman–Crippen MR) is 53.3 cm³/mol. The van der Waals surface area contributed by atoms with Crippen molar-refractivity contribution in [2.75, 3.05) is 19.6 Å². The van der Waals surface area contributed by atoms with Crippen LogP contribution in [-0.4, -0.2) is 41.6 Å². The van der Waals surface area contributed by atoms with Gasteiger partial charge in [-0.3, -0.25) is 10.3 Å². The maximum Gasteiger partial charge on any atom is 0.332 e. The molecular formula is C9H18N4O. The van der Waals surface area contributed by atoms with E-state index in [1.54, 1.807) is 0 Å². The maximum absolute atomic E-state index is 11.3. The van der Waals surface area contributed by atoms with Gasteiger partial charge in [0.2, 0.25) is 0 Å². The topological polar surface area (TPSA) is 61.6 Å². The molecule has 3 N–H and O–H groups in total. The van der Waals surface area contributed by atoms with E-state index >= 15 is 0 Å². The van der Waals surface area contributed by atoms with Gasteiger partial charge in [0.15, 0.2) is 0 Å². The fourth-order valence-electron chi connectivity index (χ4n) is 2.29. The van der Waals surface area contributed by atoms with Crippen LogP contribution >= 0.6 is 0 Å². The first-order chi connectivity index (χ1) is 6.83. The molecule has 0 aromatic rings. The first kappa shape index (κ1) is 9.73. The molecule has 2 amide bonds. The molecule has 1 atom stereocenters. The number of likely N-dealkylation sites (tertiary alicyclic amines) is 2. The van der Waals surface area contributed by atoms with Crippen LogP contribution in [0.5, 0.6) is 0 Å². The summed E-state index contributed by atoms with van der Waals surface area (Å²) in [5.74, 6) is 5.11. The number of nitrogens with one attached hydrogen (secondary N) is 1.